The second kappa shape index (κ2) is 10.5. The van der Waals surface area contributed by atoms with Crippen LogP contribution in [0.3, 0.4) is 0 Å². The third-order valence-corrected chi connectivity index (χ3v) is 3.24. The zero-order valence-corrected chi connectivity index (χ0v) is 14.2. The zero-order chi connectivity index (χ0) is 15.8. The standard InChI is InChI=1S/C14H21ClN2O4.ClH/c1-3-10(7-18)17-6-9-4-11(15)14(12(5-9)20-2)21-8-13(16)19;/h4-5,10,17-18H,3,6-8H2,1-2H3,(H2,16,19);1H. The number of rotatable bonds is 9. The Kier molecular flexibility index (Phi) is 9.93. The van der Waals surface area contributed by atoms with Gasteiger partial charge in [0.25, 0.3) is 5.91 Å². The Bertz CT molecular complexity index is 482. The van der Waals surface area contributed by atoms with Crippen molar-refractivity contribution < 1.29 is 19.4 Å². The quantitative estimate of drug-likeness (QED) is 0.626. The molecule has 0 aliphatic rings. The average molecular weight is 353 g/mol. The van der Waals surface area contributed by atoms with E-state index in [0.29, 0.717) is 17.3 Å². The number of halogens is 2. The number of hydrogen-bond acceptors (Lipinski definition) is 5. The van der Waals surface area contributed by atoms with Crippen molar-refractivity contribution in [3.05, 3.63) is 22.7 Å². The first-order valence-electron chi connectivity index (χ1n) is 6.63. The van der Waals surface area contributed by atoms with Crippen molar-refractivity contribution in [2.45, 2.75) is 25.9 Å². The summed E-state index contributed by atoms with van der Waals surface area (Å²) < 4.78 is 10.5. The maximum atomic E-state index is 10.8. The number of aliphatic hydroxyl groups excluding tert-OH is 1. The van der Waals surface area contributed by atoms with Gasteiger partial charge in [-0.05, 0) is 24.1 Å². The Balaban J connectivity index is 0.00000441. The number of hydrogen-bond donors (Lipinski definition) is 3. The van der Waals surface area contributed by atoms with Crippen molar-refractivity contribution in [1.29, 1.82) is 0 Å². The van der Waals surface area contributed by atoms with Crippen LogP contribution in [0.4, 0.5) is 0 Å². The van der Waals surface area contributed by atoms with E-state index in [1.165, 1.54) is 7.11 Å². The van der Waals surface area contributed by atoms with Crippen LogP contribution in [0.5, 0.6) is 11.5 Å². The Hall–Kier alpha value is -1.21. The number of benzene rings is 1. The molecule has 0 aliphatic heterocycles. The smallest absolute Gasteiger partial charge is 0.255 e. The third-order valence-electron chi connectivity index (χ3n) is 2.96. The van der Waals surface area contributed by atoms with Crippen molar-refractivity contribution in [2.24, 2.45) is 5.73 Å². The summed E-state index contributed by atoms with van der Waals surface area (Å²) in [7, 11) is 1.49. The van der Waals surface area contributed by atoms with Gasteiger partial charge in [-0.3, -0.25) is 4.79 Å². The molecule has 0 radical (unpaired) electrons. The first kappa shape index (κ1) is 20.8. The highest BCUT2D eigenvalue weighted by Crippen LogP contribution is 2.36. The van der Waals surface area contributed by atoms with Gasteiger partial charge in [0, 0.05) is 12.6 Å². The lowest BCUT2D eigenvalue weighted by Gasteiger charge is -2.16. The van der Waals surface area contributed by atoms with Gasteiger partial charge in [0.05, 0.1) is 18.7 Å². The van der Waals surface area contributed by atoms with Crippen molar-refractivity contribution in [3.8, 4) is 11.5 Å². The predicted octanol–water partition coefficient (Wildman–Crippen LogP) is 1.50. The summed E-state index contributed by atoms with van der Waals surface area (Å²) in [6.07, 6.45) is 0.821. The Morgan fingerprint density at radius 2 is 2.18 bits per heavy atom. The van der Waals surface area contributed by atoms with E-state index in [4.69, 9.17) is 31.9 Å². The summed E-state index contributed by atoms with van der Waals surface area (Å²) in [5.74, 6) is 0.126. The fourth-order valence-electron chi connectivity index (χ4n) is 1.76. The molecule has 0 aromatic heterocycles. The van der Waals surface area contributed by atoms with E-state index in [9.17, 15) is 4.79 Å². The number of ether oxygens (including phenoxy) is 2. The number of carbonyl (C=O) groups excluding carboxylic acids is 1. The lowest BCUT2D eigenvalue weighted by atomic mass is 10.1. The van der Waals surface area contributed by atoms with Gasteiger partial charge in [-0.1, -0.05) is 18.5 Å². The number of aliphatic hydroxyl groups is 1. The maximum Gasteiger partial charge on any atom is 0.255 e. The van der Waals surface area contributed by atoms with Gasteiger partial charge in [-0.2, -0.15) is 0 Å². The molecule has 1 unspecified atom stereocenters. The summed E-state index contributed by atoms with van der Waals surface area (Å²) in [6, 6.07) is 3.51. The molecule has 0 aliphatic carbocycles. The van der Waals surface area contributed by atoms with Crippen molar-refractivity contribution in [2.75, 3.05) is 20.3 Å². The molecule has 1 rings (SSSR count). The summed E-state index contributed by atoms with van der Waals surface area (Å²) in [4.78, 5) is 10.8. The fraction of sp³-hybridized carbons (Fsp3) is 0.500. The zero-order valence-electron chi connectivity index (χ0n) is 12.6. The first-order chi connectivity index (χ1) is 10.0. The molecule has 1 aromatic rings. The largest absolute Gasteiger partial charge is 0.493 e. The van der Waals surface area contributed by atoms with Crippen LogP contribution < -0.4 is 20.5 Å². The normalized spacial score (nSPS) is 11.5. The molecule has 0 heterocycles. The average Bonchev–Trinajstić information content (AvgIpc) is 2.46. The Morgan fingerprint density at radius 3 is 2.68 bits per heavy atom. The van der Waals surface area contributed by atoms with Crippen molar-refractivity contribution >= 4 is 29.9 Å². The van der Waals surface area contributed by atoms with Gasteiger partial charge in [0.15, 0.2) is 18.1 Å². The van der Waals surface area contributed by atoms with Crippen molar-refractivity contribution in [1.82, 2.24) is 5.32 Å². The van der Waals surface area contributed by atoms with Crippen molar-refractivity contribution in [3.63, 3.8) is 0 Å². The highest BCUT2D eigenvalue weighted by molar-refractivity contribution is 6.32. The first-order valence-corrected chi connectivity index (χ1v) is 7.01. The number of nitrogens with two attached hydrogens (primary N) is 1. The van der Waals surface area contributed by atoms with E-state index < -0.39 is 5.91 Å². The Morgan fingerprint density at radius 1 is 1.50 bits per heavy atom. The minimum absolute atomic E-state index is 0. The minimum Gasteiger partial charge on any atom is -0.493 e. The molecule has 1 atom stereocenters. The van der Waals surface area contributed by atoms with Crippen LogP contribution >= 0.6 is 24.0 Å². The van der Waals surface area contributed by atoms with Crippen LogP contribution in [0.1, 0.15) is 18.9 Å². The highest BCUT2D eigenvalue weighted by atomic mass is 35.5. The van der Waals surface area contributed by atoms with E-state index in [0.717, 1.165) is 12.0 Å². The lowest BCUT2D eigenvalue weighted by Crippen LogP contribution is -2.31. The second-order valence-electron chi connectivity index (χ2n) is 4.53. The highest BCUT2D eigenvalue weighted by Gasteiger charge is 2.13. The molecule has 126 valence electrons. The van der Waals surface area contributed by atoms with E-state index in [-0.39, 0.29) is 37.4 Å². The number of methoxy groups -OCH3 is 1. The molecule has 0 saturated heterocycles. The molecule has 4 N–H and O–H groups in total. The SMILES string of the molecule is CCC(CO)NCc1cc(Cl)c(OCC(N)=O)c(OC)c1.Cl. The molecular weight excluding hydrogens is 331 g/mol. The second-order valence-corrected chi connectivity index (χ2v) is 4.94. The van der Waals surface area contributed by atoms with Crippen LogP contribution in [0.25, 0.3) is 0 Å². The van der Waals surface area contributed by atoms with E-state index in [2.05, 4.69) is 5.32 Å². The third kappa shape index (κ3) is 6.27. The van der Waals surface area contributed by atoms with Gasteiger partial charge in [-0.15, -0.1) is 12.4 Å². The minimum atomic E-state index is -0.590. The Labute approximate surface area is 141 Å². The predicted molar refractivity (Wildman–Crippen MR) is 87.9 cm³/mol. The fourth-order valence-corrected chi connectivity index (χ4v) is 2.05. The monoisotopic (exact) mass is 352 g/mol. The summed E-state index contributed by atoms with van der Waals surface area (Å²) >= 11 is 6.15. The summed E-state index contributed by atoms with van der Waals surface area (Å²) in [5, 5.41) is 12.7. The molecule has 8 heteroatoms. The van der Waals surface area contributed by atoms with E-state index in [1.54, 1.807) is 12.1 Å². The van der Waals surface area contributed by atoms with Gasteiger partial charge in [0.1, 0.15) is 0 Å². The van der Waals surface area contributed by atoms with E-state index in [1.807, 2.05) is 6.92 Å². The number of nitrogens with one attached hydrogen (secondary N) is 1. The van der Waals surface area contributed by atoms with Gasteiger partial charge in [0.2, 0.25) is 0 Å². The van der Waals surface area contributed by atoms with Crippen LogP contribution in [0, 0.1) is 0 Å². The number of primary amides is 1. The molecule has 1 aromatic carbocycles. The molecule has 1 amide bonds. The molecule has 22 heavy (non-hydrogen) atoms. The van der Waals surface area contributed by atoms with Crippen LogP contribution in [-0.4, -0.2) is 37.4 Å². The molecule has 6 nitrogen and oxygen atoms in total. The molecule has 0 spiro atoms. The number of amides is 1. The molecule has 0 saturated carbocycles. The number of carbonyl (C=O) groups is 1. The molecule has 0 fully saturated rings. The van der Waals surface area contributed by atoms with Crippen LogP contribution in [-0.2, 0) is 11.3 Å². The maximum absolute atomic E-state index is 10.8. The molecular formula is C14H22Cl2N2O4. The van der Waals surface area contributed by atoms with E-state index >= 15 is 0 Å². The molecule has 0 bridgehead atoms. The van der Waals surface area contributed by atoms with Gasteiger partial charge in [-0.25, -0.2) is 0 Å². The van der Waals surface area contributed by atoms with Crippen LogP contribution in [0.15, 0.2) is 12.1 Å². The summed E-state index contributed by atoms with van der Waals surface area (Å²) in [6.45, 7) is 2.32. The van der Waals surface area contributed by atoms with Crippen LogP contribution in [0.2, 0.25) is 5.02 Å². The topological polar surface area (TPSA) is 93.8 Å². The van der Waals surface area contributed by atoms with Gasteiger partial charge < -0.3 is 25.6 Å². The summed E-state index contributed by atoms with van der Waals surface area (Å²) in [5.41, 5.74) is 5.93. The lowest BCUT2D eigenvalue weighted by molar-refractivity contribution is -0.119. The van der Waals surface area contributed by atoms with Gasteiger partial charge >= 0.3 is 0 Å².